The molecule has 106 valence electrons. The zero-order valence-electron chi connectivity index (χ0n) is 13.6. The summed E-state index contributed by atoms with van der Waals surface area (Å²) in [6.07, 6.45) is 8.54. The molecule has 0 saturated heterocycles. The Hall–Kier alpha value is -0.260. The Morgan fingerprint density at radius 2 is 1.72 bits per heavy atom. The summed E-state index contributed by atoms with van der Waals surface area (Å²) < 4.78 is 0. The third kappa shape index (κ3) is 2.53. The van der Waals surface area contributed by atoms with Crippen molar-refractivity contribution in [3.05, 3.63) is 12.2 Å². The van der Waals surface area contributed by atoms with E-state index in [-0.39, 0.29) is 0 Å². The Labute approximate surface area is 115 Å². The lowest BCUT2D eigenvalue weighted by atomic mass is 9.46. The summed E-state index contributed by atoms with van der Waals surface area (Å²) in [6, 6.07) is 0. The van der Waals surface area contributed by atoms with E-state index in [9.17, 15) is 0 Å². The van der Waals surface area contributed by atoms with Crippen molar-refractivity contribution >= 4 is 0 Å². The summed E-state index contributed by atoms with van der Waals surface area (Å²) >= 11 is 0. The lowest BCUT2D eigenvalue weighted by Crippen LogP contribution is -2.49. The molecule has 2 saturated carbocycles. The predicted molar refractivity (Wildman–Crippen MR) is 82.7 cm³/mol. The van der Waals surface area contributed by atoms with Gasteiger partial charge in [0.25, 0.3) is 0 Å². The van der Waals surface area contributed by atoms with Crippen LogP contribution in [0.5, 0.6) is 0 Å². The van der Waals surface area contributed by atoms with Gasteiger partial charge in [-0.25, -0.2) is 0 Å². The lowest BCUT2D eigenvalue weighted by molar-refractivity contribution is -0.0809. The fourth-order valence-electron chi connectivity index (χ4n) is 4.38. The van der Waals surface area contributed by atoms with E-state index in [4.69, 9.17) is 0 Å². The highest BCUT2D eigenvalue weighted by molar-refractivity contribution is 5.09. The fraction of sp³-hybridized carbons (Fsp3) is 0.889. The van der Waals surface area contributed by atoms with Crippen LogP contribution in [-0.4, -0.2) is 0 Å². The van der Waals surface area contributed by atoms with Crippen LogP contribution in [0.25, 0.3) is 0 Å². The van der Waals surface area contributed by atoms with Crippen LogP contribution in [0.2, 0.25) is 0 Å². The van der Waals surface area contributed by atoms with Crippen LogP contribution in [0.4, 0.5) is 0 Å². The molecule has 0 N–H and O–H groups in total. The monoisotopic (exact) mass is 250 g/mol. The van der Waals surface area contributed by atoms with Crippen molar-refractivity contribution in [2.24, 2.45) is 22.7 Å². The van der Waals surface area contributed by atoms with Gasteiger partial charge >= 0.3 is 0 Å². The van der Waals surface area contributed by atoms with Crippen LogP contribution < -0.4 is 0 Å². The molecule has 0 radical (unpaired) electrons. The first kappa shape index (κ1) is 15.8. The molecule has 2 fully saturated rings. The van der Waals surface area contributed by atoms with Gasteiger partial charge in [-0.15, -0.1) is 0 Å². The molecular formula is C18H34. The molecular weight excluding hydrogens is 216 g/mol. The van der Waals surface area contributed by atoms with Crippen molar-refractivity contribution in [2.45, 2.75) is 80.1 Å². The lowest BCUT2D eigenvalue weighted by Gasteiger charge is -2.59. The Balaban J connectivity index is 0.000000771. The average molecular weight is 250 g/mol. The van der Waals surface area contributed by atoms with E-state index in [1.165, 1.54) is 44.1 Å². The number of hydrogen-bond acceptors (Lipinski definition) is 0. The summed E-state index contributed by atoms with van der Waals surface area (Å²) in [4.78, 5) is 0. The molecule has 4 atom stereocenters. The Morgan fingerprint density at radius 3 is 2.28 bits per heavy atom. The second kappa shape index (κ2) is 5.80. The Kier molecular flexibility index (Phi) is 5.09. The van der Waals surface area contributed by atoms with Gasteiger partial charge in [-0.3, -0.25) is 0 Å². The minimum atomic E-state index is 0.563. The number of allylic oxidation sites excluding steroid dienone is 1. The third-order valence-corrected chi connectivity index (χ3v) is 6.24. The molecule has 2 aliphatic rings. The molecule has 0 amide bonds. The van der Waals surface area contributed by atoms with Crippen LogP contribution in [0.1, 0.15) is 80.1 Å². The highest BCUT2D eigenvalue weighted by Gasteiger charge is 2.52. The predicted octanol–water partition coefficient (Wildman–Crippen LogP) is 6.22. The Morgan fingerprint density at radius 1 is 1.11 bits per heavy atom. The molecule has 18 heavy (non-hydrogen) atoms. The maximum absolute atomic E-state index is 4.20. The van der Waals surface area contributed by atoms with Crippen molar-refractivity contribution in [3.8, 4) is 0 Å². The van der Waals surface area contributed by atoms with Gasteiger partial charge in [0.2, 0.25) is 0 Å². The Bertz CT molecular complexity index is 290. The highest BCUT2D eigenvalue weighted by atomic mass is 14.6. The topological polar surface area (TPSA) is 0 Å². The largest absolute Gasteiger partial charge is 0.0999 e. The minimum absolute atomic E-state index is 0.563. The van der Waals surface area contributed by atoms with Gasteiger partial charge in [0.15, 0.2) is 0 Å². The number of hydrogen-bond donors (Lipinski definition) is 0. The average Bonchev–Trinajstić information content (AvgIpc) is 2.34. The van der Waals surface area contributed by atoms with Gasteiger partial charge in [0.1, 0.15) is 0 Å². The maximum Gasteiger partial charge on any atom is -0.0203 e. The van der Waals surface area contributed by atoms with E-state index in [0.29, 0.717) is 10.8 Å². The first-order chi connectivity index (χ1) is 8.39. The van der Waals surface area contributed by atoms with Crippen molar-refractivity contribution in [1.82, 2.24) is 0 Å². The summed E-state index contributed by atoms with van der Waals surface area (Å²) in [5, 5.41) is 0. The van der Waals surface area contributed by atoms with E-state index in [0.717, 1.165) is 11.8 Å². The van der Waals surface area contributed by atoms with E-state index < -0.39 is 0 Å². The second-order valence-electron chi connectivity index (χ2n) is 7.06. The summed E-state index contributed by atoms with van der Waals surface area (Å²) in [5.41, 5.74) is 2.59. The third-order valence-electron chi connectivity index (χ3n) is 6.24. The molecule has 0 bridgehead atoms. The molecule has 0 spiro atoms. The molecule has 0 aromatic heterocycles. The van der Waals surface area contributed by atoms with Crippen molar-refractivity contribution in [1.29, 1.82) is 0 Å². The zero-order valence-corrected chi connectivity index (χ0v) is 13.6. The fourth-order valence-corrected chi connectivity index (χ4v) is 4.38. The highest BCUT2D eigenvalue weighted by Crippen LogP contribution is 2.62. The molecule has 2 aliphatic carbocycles. The van der Waals surface area contributed by atoms with Gasteiger partial charge < -0.3 is 0 Å². The van der Waals surface area contributed by atoms with Gasteiger partial charge in [0, 0.05) is 0 Å². The molecule has 0 aliphatic heterocycles. The molecule has 0 nitrogen and oxygen atoms in total. The second-order valence-corrected chi connectivity index (χ2v) is 7.06. The van der Waals surface area contributed by atoms with E-state index in [2.05, 4.69) is 34.3 Å². The molecule has 0 heterocycles. The van der Waals surface area contributed by atoms with Gasteiger partial charge in [-0.05, 0) is 55.3 Å². The van der Waals surface area contributed by atoms with Crippen molar-refractivity contribution in [3.63, 3.8) is 0 Å². The quantitative estimate of drug-likeness (QED) is 0.484. The first-order valence-corrected chi connectivity index (χ1v) is 8.04. The van der Waals surface area contributed by atoms with Crippen molar-refractivity contribution < 1.29 is 0 Å². The standard InChI is InChI=1S/C16H28.C2H6/c1-12(2)14-8-10-15(4)9-6-7-13(3)16(15,5)11-14;1-2/h13-14H,1,6-11H2,2-5H3;1-2H3/t13-,14?,15-,16-;/m1./s1. The van der Waals surface area contributed by atoms with Crippen molar-refractivity contribution in [2.75, 3.05) is 0 Å². The van der Waals surface area contributed by atoms with Gasteiger partial charge in [-0.1, -0.05) is 59.6 Å². The SMILES string of the molecule is C=C(C)C1CC[C@@]2(C)CCC[C@@H](C)[C@@]2(C)C1.CC. The number of fused-ring (bicyclic) bond motifs is 1. The van der Waals surface area contributed by atoms with E-state index in [1.807, 2.05) is 13.8 Å². The molecule has 0 heteroatoms. The van der Waals surface area contributed by atoms with E-state index in [1.54, 1.807) is 0 Å². The normalized spacial score (nSPS) is 43.4. The molecule has 1 unspecified atom stereocenters. The molecule has 0 aromatic rings. The summed E-state index contributed by atoms with van der Waals surface area (Å²) in [6.45, 7) is 18.0. The molecule has 0 aromatic carbocycles. The van der Waals surface area contributed by atoms with Crippen LogP contribution in [0.15, 0.2) is 12.2 Å². The number of rotatable bonds is 1. The van der Waals surface area contributed by atoms with Crippen LogP contribution >= 0.6 is 0 Å². The zero-order chi connectivity index (χ0) is 14.0. The smallest absolute Gasteiger partial charge is 0.0203 e. The minimum Gasteiger partial charge on any atom is -0.0999 e. The van der Waals surface area contributed by atoms with Gasteiger partial charge in [0.05, 0.1) is 0 Å². The summed E-state index contributed by atoms with van der Waals surface area (Å²) in [7, 11) is 0. The van der Waals surface area contributed by atoms with Gasteiger partial charge in [-0.2, -0.15) is 0 Å². The maximum atomic E-state index is 4.20. The van der Waals surface area contributed by atoms with Crippen LogP contribution in [-0.2, 0) is 0 Å². The van der Waals surface area contributed by atoms with E-state index >= 15 is 0 Å². The molecule has 2 rings (SSSR count). The first-order valence-electron chi connectivity index (χ1n) is 8.04. The van der Waals surface area contributed by atoms with Crippen LogP contribution in [0, 0.1) is 22.7 Å². The van der Waals surface area contributed by atoms with Crippen LogP contribution in [0.3, 0.4) is 0 Å². The summed E-state index contributed by atoms with van der Waals surface area (Å²) in [5.74, 6) is 1.69.